The summed E-state index contributed by atoms with van der Waals surface area (Å²) in [5.41, 5.74) is 0.639. The Bertz CT molecular complexity index is 229. The van der Waals surface area contributed by atoms with Crippen LogP contribution >= 0.6 is 0 Å². The molecule has 0 unspecified atom stereocenters. The van der Waals surface area contributed by atoms with Gasteiger partial charge in [0.15, 0.2) is 5.82 Å². The van der Waals surface area contributed by atoms with Gasteiger partial charge in [-0.1, -0.05) is 0 Å². The van der Waals surface area contributed by atoms with Crippen molar-refractivity contribution in [2.75, 3.05) is 0 Å². The molecule has 1 heterocycles. The van der Waals surface area contributed by atoms with E-state index in [0.29, 0.717) is 11.5 Å². The minimum Gasteiger partial charge on any atom is -0.323 e. The van der Waals surface area contributed by atoms with Crippen LogP contribution in [-0.4, -0.2) is 15.7 Å². The number of nitrogens with two attached hydrogens (primary N) is 1. The maximum Gasteiger partial charge on any atom is 0.175 e. The van der Waals surface area contributed by atoms with Crippen LogP contribution in [0, 0.1) is 0 Å². The molecule has 1 aromatic heterocycles. The van der Waals surface area contributed by atoms with Crippen LogP contribution in [0.3, 0.4) is 0 Å². The third kappa shape index (κ3) is 1.28. The van der Waals surface area contributed by atoms with Gasteiger partial charge in [-0.05, 0) is 13.0 Å². The van der Waals surface area contributed by atoms with E-state index < -0.39 is 0 Å². The Hall–Kier alpha value is -1.45. The van der Waals surface area contributed by atoms with Crippen LogP contribution in [-0.2, 0) is 0 Å². The summed E-state index contributed by atoms with van der Waals surface area (Å²) < 4.78 is 0. The molecule has 0 bridgehead atoms. The van der Waals surface area contributed by atoms with Crippen molar-refractivity contribution in [1.82, 2.24) is 9.97 Å². The van der Waals surface area contributed by atoms with E-state index in [4.69, 9.17) is 5.84 Å². The average molecular weight is 136 g/mol. The largest absolute Gasteiger partial charge is 0.323 e. The molecule has 0 aliphatic heterocycles. The van der Waals surface area contributed by atoms with Gasteiger partial charge < -0.3 is 5.84 Å². The van der Waals surface area contributed by atoms with Crippen molar-refractivity contribution in [3.63, 3.8) is 0 Å². The molecule has 0 atom stereocenters. The maximum atomic E-state index is 5.01. The van der Waals surface area contributed by atoms with Crippen LogP contribution in [0.15, 0.2) is 23.6 Å². The summed E-state index contributed by atoms with van der Waals surface area (Å²) in [7, 11) is 0. The SMILES string of the molecule is CC(=NN)c1ncccn1. The summed E-state index contributed by atoms with van der Waals surface area (Å²) in [5, 5.41) is 3.45. The summed E-state index contributed by atoms with van der Waals surface area (Å²) in [6, 6.07) is 1.74. The van der Waals surface area contributed by atoms with Crippen LogP contribution in [0.1, 0.15) is 12.7 Å². The normalized spacial score (nSPS) is 11.5. The van der Waals surface area contributed by atoms with Gasteiger partial charge >= 0.3 is 0 Å². The molecule has 10 heavy (non-hydrogen) atoms. The van der Waals surface area contributed by atoms with Gasteiger partial charge in [0, 0.05) is 12.4 Å². The first-order valence-corrected chi connectivity index (χ1v) is 2.86. The highest BCUT2D eigenvalue weighted by Gasteiger charge is 1.95. The predicted molar refractivity (Wildman–Crippen MR) is 38.4 cm³/mol. The fourth-order valence-corrected chi connectivity index (χ4v) is 0.544. The second-order valence-electron chi connectivity index (χ2n) is 1.79. The first-order chi connectivity index (χ1) is 4.84. The lowest BCUT2D eigenvalue weighted by Crippen LogP contribution is -2.03. The van der Waals surface area contributed by atoms with E-state index in [1.807, 2.05) is 0 Å². The van der Waals surface area contributed by atoms with Crippen molar-refractivity contribution in [2.24, 2.45) is 10.9 Å². The Labute approximate surface area is 58.8 Å². The Morgan fingerprint density at radius 3 is 2.60 bits per heavy atom. The van der Waals surface area contributed by atoms with Crippen molar-refractivity contribution >= 4 is 5.71 Å². The van der Waals surface area contributed by atoms with Gasteiger partial charge in [0.2, 0.25) is 0 Å². The fraction of sp³-hybridized carbons (Fsp3) is 0.167. The molecule has 0 radical (unpaired) electrons. The number of hydrogen-bond acceptors (Lipinski definition) is 4. The molecular weight excluding hydrogens is 128 g/mol. The molecule has 4 heteroatoms. The first kappa shape index (κ1) is 6.67. The molecule has 0 fully saturated rings. The lowest BCUT2D eigenvalue weighted by atomic mass is 10.4. The third-order valence-corrected chi connectivity index (χ3v) is 1.08. The molecule has 0 amide bonds. The van der Waals surface area contributed by atoms with Crippen molar-refractivity contribution in [3.05, 3.63) is 24.3 Å². The number of nitrogens with zero attached hydrogens (tertiary/aromatic N) is 3. The monoisotopic (exact) mass is 136 g/mol. The smallest absolute Gasteiger partial charge is 0.175 e. The highest BCUT2D eigenvalue weighted by Crippen LogP contribution is 1.88. The van der Waals surface area contributed by atoms with Crippen LogP contribution < -0.4 is 5.84 Å². The van der Waals surface area contributed by atoms with Gasteiger partial charge in [0.1, 0.15) is 5.71 Å². The van der Waals surface area contributed by atoms with Gasteiger partial charge in [-0.15, -0.1) is 0 Å². The third-order valence-electron chi connectivity index (χ3n) is 1.08. The molecular formula is C6H8N4. The van der Waals surface area contributed by atoms with Crippen LogP contribution in [0.25, 0.3) is 0 Å². The first-order valence-electron chi connectivity index (χ1n) is 2.86. The van der Waals surface area contributed by atoms with Gasteiger partial charge in [-0.3, -0.25) is 0 Å². The molecule has 4 nitrogen and oxygen atoms in total. The molecule has 0 saturated heterocycles. The second-order valence-corrected chi connectivity index (χ2v) is 1.79. The number of rotatable bonds is 1. The Morgan fingerprint density at radius 1 is 1.50 bits per heavy atom. The zero-order valence-corrected chi connectivity index (χ0v) is 5.65. The highest BCUT2D eigenvalue weighted by atomic mass is 15.1. The second kappa shape index (κ2) is 2.91. The minimum atomic E-state index is 0.574. The molecule has 0 aromatic carbocycles. The van der Waals surface area contributed by atoms with Gasteiger partial charge in [0.25, 0.3) is 0 Å². The summed E-state index contributed by atoms with van der Waals surface area (Å²) in [5.74, 6) is 5.59. The molecule has 1 aromatic rings. The summed E-state index contributed by atoms with van der Waals surface area (Å²) in [4.78, 5) is 7.86. The van der Waals surface area contributed by atoms with Crippen LogP contribution in [0.2, 0.25) is 0 Å². The van der Waals surface area contributed by atoms with Crippen molar-refractivity contribution in [1.29, 1.82) is 0 Å². The highest BCUT2D eigenvalue weighted by molar-refractivity contribution is 5.94. The molecule has 52 valence electrons. The lowest BCUT2D eigenvalue weighted by molar-refractivity contribution is 1.11. The zero-order valence-electron chi connectivity index (χ0n) is 5.65. The van der Waals surface area contributed by atoms with E-state index >= 15 is 0 Å². The van der Waals surface area contributed by atoms with Gasteiger partial charge in [-0.25, -0.2) is 9.97 Å². The van der Waals surface area contributed by atoms with Gasteiger partial charge in [-0.2, -0.15) is 5.10 Å². The zero-order chi connectivity index (χ0) is 7.40. The topological polar surface area (TPSA) is 64.2 Å². The standard InChI is InChI=1S/C6H8N4/c1-5(10-7)6-8-3-2-4-9-6/h2-4H,7H2,1H3. The summed E-state index contributed by atoms with van der Waals surface area (Å²) in [6.45, 7) is 1.76. The van der Waals surface area contributed by atoms with Crippen LogP contribution in [0.4, 0.5) is 0 Å². The van der Waals surface area contributed by atoms with E-state index in [-0.39, 0.29) is 0 Å². The minimum absolute atomic E-state index is 0.574. The van der Waals surface area contributed by atoms with E-state index in [0.717, 1.165) is 0 Å². The van der Waals surface area contributed by atoms with Crippen molar-refractivity contribution in [2.45, 2.75) is 6.92 Å². The predicted octanol–water partition coefficient (Wildman–Crippen LogP) is 0.159. The quantitative estimate of drug-likeness (QED) is 0.340. The molecule has 2 N–H and O–H groups in total. The summed E-state index contributed by atoms with van der Waals surface area (Å²) >= 11 is 0. The molecule has 1 rings (SSSR count). The van der Waals surface area contributed by atoms with E-state index in [2.05, 4.69) is 15.1 Å². The Kier molecular flexibility index (Phi) is 1.94. The van der Waals surface area contributed by atoms with E-state index in [1.54, 1.807) is 25.4 Å². The van der Waals surface area contributed by atoms with E-state index in [9.17, 15) is 0 Å². The van der Waals surface area contributed by atoms with Crippen LogP contribution in [0.5, 0.6) is 0 Å². The van der Waals surface area contributed by atoms with E-state index in [1.165, 1.54) is 0 Å². The molecule has 0 aliphatic carbocycles. The maximum absolute atomic E-state index is 5.01. The number of aromatic nitrogens is 2. The number of hydrazone groups is 1. The average Bonchev–Trinajstić information content (AvgIpc) is 2.05. The molecule has 0 saturated carbocycles. The van der Waals surface area contributed by atoms with Crippen molar-refractivity contribution < 1.29 is 0 Å². The van der Waals surface area contributed by atoms with Gasteiger partial charge in [0.05, 0.1) is 0 Å². The number of hydrogen-bond donors (Lipinski definition) is 1. The lowest BCUT2D eigenvalue weighted by Gasteiger charge is -1.92. The van der Waals surface area contributed by atoms with Crippen molar-refractivity contribution in [3.8, 4) is 0 Å². The Morgan fingerprint density at radius 2 is 2.10 bits per heavy atom. The Balaban J connectivity index is 2.96. The summed E-state index contributed by atoms with van der Waals surface area (Å²) in [6.07, 6.45) is 3.30. The molecule has 0 spiro atoms. The fourth-order valence-electron chi connectivity index (χ4n) is 0.544. The molecule has 0 aliphatic rings.